The van der Waals surface area contributed by atoms with Crippen molar-refractivity contribution in [1.82, 2.24) is 10.2 Å². The number of carbonyl (C=O) groups is 1. The number of aryl methyl sites for hydroxylation is 1. The Morgan fingerprint density at radius 2 is 1.91 bits per heavy atom. The minimum atomic E-state index is -0.238. The molecule has 0 atom stereocenters. The number of carbonyl (C=O) groups excluding carboxylic acids is 1. The largest absolute Gasteiger partial charge is 0.493 e. The van der Waals surface area contributed by atoms with Crippen LogP contribution in [-0.2, 0) is 6.42 Å². The molecule has 0 radical (unpaired) electrons. The van der Waals surface area contributed by atoms with E-state index in [1.807, 2.05) is 50.2 Å². The number of anilines is 1. The molecule has 2 aromatic carbocycles. The maximum Gasteiger partial charge on any atom is 0.261 e. The van der Waals surface area contributed by atoms with Crippen molar-refractivity contribution < 1.29 is 9.53 Å². The van der Waals surface area contributed by atoms with Gasteiger partial charge in [-0.15, -0.1) is 10.2 Å². The van der Waals surface area contributed by atoms with Crippen molar-refractivity contribution in [3.05, 3.63) is 47.0 Å². The fraction of sp³-hybridized carbons (Fsp3) is 0.235. The number of nitrogens with zero attached hydrogens (tertiary/aromatic N) is 2. The molecule has 3 aromatic rings. The number of aromatic nitrogens is 2. The van der Waals surface area contributed by atoms with E-state index in [0.29, 0.717) is 23.1 Å². The molecule has 0 unspecified atom stereocenters. The molecule has 5 nitrogen and oxygen atoms in total. The van der Waals surface area contributed by atoms with Gasteiger partial charge in [0.2, 0.25) is 5.13 Å². The van der Waals surface area contributed by atoms with E-state index in [1.165, 1.54) is 11.3 Å². The van der Waals surface area contributed by atoms with Gasteiger partial charge >= 0.3 is 0 Å². The maximum absolute atomic E-state index is 12.6. The summed E-state index contributed by atoms with van der Waals surface area (Å²) < 4.78 is 5.64. The molecule has 0 saturated carbocycles. The maximum atomic E-state index is 12.6. The molecule has 1 N–H and O–H groups in total. The van der Waals surface area contributed by atoms with Crippen LogP contribution in [0.25, 0.3) is 10.8 Å². The lowest BCUT2D eigenvalue weighted by atomic mass is 10.1. The van der Waals surface area contributed by atoms with Crippen molar-refractivity contribution >= 4 is 33.1 Å². The van der Waals surface area contributed by atoms with Crippen LogP contribution in [0.5, 0.6) is 5.75 Å². The Morgan fingerprint density at radius 1 is 1.17 bits per heavy atom. The summed E-state index contributed by atoms with van der Waals surface area (Å²) in [5, 5.41) is 14.2. The summed E-state index contributed by atoms with van der Waals surface area (Å²) in [6, 6.07) is 11.6. The molecule has 0 bridgehead atoms. The van der Waals surface area contributed by atoms with Crippen LogP contribution < -0.4 is 10.1 Å². The van der Waals surface area contributed by atoms with Crippen molar-refractivity contribution in [2.45, 2.75) is 20.3 Å². The standard InChI is InChI=1S/C17H17N3O2S/c1-3-15-19-20-17(23-15)18-16(21)13-9-11-7-5-6-8-12(11)10-14(13)22-4-2/h5-10H,3-4H2,1-2H3,(H,18,20,21). The number of benzene rings is 2. The van der Waals surface area contributed by atoms with Crippen molar-refractivity contribution in [2.24, 2.45) is 0 Å². The molecule has 118 valence electrons. The van der Waals surface area contributed by atoms with E-state index in [0.717, 1.165) is 22.2 Å². The number of rotatable bonds is 5. The van der Waals surface area contributed by atoms with E-state index in [2.05, 4.69) is 15.5 Å². The molecule has 6 heteroatoms. The number of ether oxygens (including phenoxy) is 1. The molecule has 0 aliphatic carbocycles. The van der Waals surface area contributed by atoms with Gasteiger partial charge in [0, 0.05) is 0 Å². The van der Waals surface area contributed by atoms with Crippen molar-refractivity contribution in [3.63, 3.8) is 0 Å². The van der Waals surface area contributed by atoms with Crippen LogP contribution in [0.3, 0.4) is 0 Å². The minimum absolute atomic E-state index is 0.238. The quantitative estimate of drug-likeness (QED) is 0.772. The Hall–Kier alpha value is -2.47. The highest BCUT2D eigenvalue weighted by Gasteiger charge is 2.16. The van der Waals surface area contributed by atoms with Crippen LogP contribution in [0.1, 0.15) is 29.2 Å². The number of hydrogen-bond donors (Lipinski definition) is 1. The Balaban J connectivity index is 1.95. The van der Waals surface area contributed by atoms with Crippen LogP contribution in [0, 0.1) is 0 Å². The Labute approximate surface area is 138 Å². The van der Waals surface area contributed by atoms with Gasteiger partial charge in [0.1, 0.15) is 10.8 Å². The summed E-state index contributed by atoms with van der Waals surface area (Å²) >= 11 is 1.38. The van der Waals surface area contributed by atoms with Crippen molar-refractivity contribution in [3.8, 4) is 5.75 Å². The average molecular weight is 327 g/mol. The number of hydrogen-bond acceptors (Lipinski definition) is 5. The van der Waals surface area contributed by atoms with Crippen LogP contribution in [-0.4, -0.2) is 22.7 Å². The van der Waals surface area contributed by atoms with E-state index < -0.39 is 0 Å². The second-order valence-electron chi connectivity index (χ2n) is 4.94. The van der Waals surface area contributed by atoms with Gasteiger partial charge in [0.05, 0.1) is 12.2 Å². The van der Waals surface area contributed by atoms with E-state index >= 15 is 0 Å². The molecule has 0 aliphatic heterocycles. The molecule has 0 fully saturated rings. The van der Waals surface area contributed by atoms with Gasteiger partial charge in [-0.05, 0) is 36.2 Å². The first-order chi connectivity index (χ1) is 11.2. The average Bonchev–Trinajstić information content (AvgIpc) is 3.02. The third kappa shape index (κ3) is 3.32. The molecular formula is C17H17N3O2S. The molecule has 23 heavy (non-hydrogen) atoms. The third-order valence-corrected chi connectivity index (χ3v) is 4.37. The highest BCUT2D eigenvalue weighted by molar-refractivity contribution is 7.15. The topological polar surface area (TPSA) is 64.1 Å². The fourth-order valence-electron chi connectivity index (χ4n) is 2.28. The normalized spacial score (nSPS) is 10.7. The zero-order valence-electron chi connectivity index (χ0n) is 13.0. The van der Waals surface area contributed by atoms with Gasteiger partial charge < -0.3 is 4.74 Å². The SMILES string of the molecule is CCOc1cc2ccccc2cc1C(=O)Nc1nnc(CC)s1. The fourth-order valence-corrected chi connectivity index (χ4v) is 2.96. The predicted molar refractivity (Wildman–Crippen MR) is 92.4 cm³/mol. The summed E-state index contributed by atoms with van der Waals surface area (Å²) in [7, 11) is 0. The molecule has 0 saturated heterocycles. The summed E-state index contributed by atoms with van der Waals surface area (Å²) in [5.74, 6) is 0.335. The van der Waals surface area contributed by atoms with Gasteiger partial charge in [0.15, 0.2) is 0 Å². The molecular weight excluding hydrogens is 310 g/mol. The lowest BCUT2D eigenvalue weighted by Crippen LogP contribution is -2.13. The van der Waals surface area contributed by atoms with E-state index in [1.54, 1.807) is 0 Å². The van der Waals surface area contributed by atoms with Crippen molar-refractivity contribution in [2.75, 3.05) is 11.9 Å². The Kier molecular flexibility index (Phi) is 4.52. The summed E-state index contributed by atoms with van der Waals surface area (Å²) in [6.45, 7) is 4.40. The molecule has 3 rings (SSSR count). The van der Waals surface area contributed by atoms with Crippen LogP contribution in [0.15, 0.2) is 36.4 Å². The summed E-state index contributed by atoms with van der Waals surface area (Å²) in [6.07, 6.45) is 0.799. The molecule has 1 aromatic heterocycles. The van der Waals surface area contributed by atoms with E-state index in [-0.39, 0.29) is 5.91 Å². The minimum Gasteiger partial charge on any atom is -0.493 e. The molecule has 0 spiro atoms. The predicted octanol–water partition coefficient (Wildman–Crippen LogP) is 3.90. The lowest BCUT2D eigenvalue weighted by molar-refractivity contribution is 0.102. The lowest BCUT2D eigenvalue weighted by Gasteiger charge is -2.11. The zero-order chi connectivity index (χ0) is 16.2. The van der Waals surface area contributed by atoms with E-state index in [9.17, 15) is 4.79 Å². The first-order valence-corrected chi connectivity index (χ1v) is 8.32. The van der Waals surface area contributed by atoms with Crippen LogP contribution in [0.4, 0.5) is 5.13 Å². The van der Waals surface area contributed by atoms with Gasteiger partial charge in [-0.3, -0.25) is 10.1 Å². The molecule has 1 heterocycles. The van der Waals surface area contributed by atoms with Gasteiger partial charge in [-0.2, -0.15) is 0 Å². The van der Waals surface area contributed by atoms with Crippen molar-refractivity contribution in [1.29, 1.82) is 0 Å². The van der Waals surface area contributed by atoms with Gasteiger partial charge in [-0.1, -0.05) is 42.5 Å². The van der Waals surface area contributed by atoms with E-state index in [4.69, 9.17) is 4.74 Å². The smallest absolute Gasteiger partial charge is 0.261 e. The zero-order valence-corrected chi connectivity index (χ0v) is 13.8. The van der Waals surface area contributed by atoms with Crippen LogP contribution >= 0.6 is 11.3 Å². The monoisotopic (exact) mass is 327 g/mol. The highest BCUT2D eigenvalue weighted by Crippen LogP contribution is 2.27. The second kappa shape index (κ2) is 6.75. The second-order valence-corrected chi connectivity index (χ2v) is 6.00. The summed E-state index contributed by atoms with van der Waals surface area (Å²) in [4.78, 5) is 12.6. The van der Waals surface area contributed by atoms with Gasteiger partial charge in [-0.25, -0.2) is 0 Å². The first-order valence-electron chi connectivity index (χ1n) is 7.50. The first kappa shape index (κ1) is 15.4. The van der Waals surface area contributed by atoms with Crippen LogP contribution in [0.2, 0.25) is 0 Å². The highest BCUT2D eigenvalue weighted by atomic mass is 32.1. The Morgan fingerprint density at radius 3 is 2.57 bits per heavy atom. The Bertz CT molecular complexity index is 845. The molecule has 0 aliphatic rings. The van der Waals surface area contributed by atoms with Gasteiger partial charge in [0.25, 0.3) is 5.91 Å². The number of fused-ring (bicyclic) bond motifs is 1. The molecule has 1 amide bonds. The number of nitrogens with one attached hydrogen (secondary N) is 1. The number of amides is 1. The summed E-state index contributed by atoms with van der Waals surface area (Å²) in [5.41, 5.74) is 0.499. The third-order valence-electron chi connectivity index (χ3n) is 3.38.